The molecular weight excluding hydrogens is 432 g/mol. The normalized spacial score (nSPS) is 12.8. The molecule has 0 amide bonds. The van der Waals surface area contributed by atoms with Gasteiger partial charge in [-0.3, -0.25) is 0 Å². The molecule has 1 aromatic carbocycles. The Balaban J connectivity index is 2.47. The summed E-state index contributed by atoms with van der Waals surface area (Å²) in [5.41, 5.74) is 2.88. The van der Waals surface area contributed by atoms with Crippen molar-refractivity contribution >= 4 is 59.1 Å². The molecule has 90 valence electrons. The molecule has 0 saturated heterocycles. The minimum absolute atomic E-state index is 0.607. The molecule has 1 nitrogen and oxygen atoms in total. The Morgan fingerprint density at radius 1 is 1.18 bits per heavy atom. The third kappa shape index (κ3) is 2.84. The van der Waals surface area contributed by atoms with E-state index in [2.05, 4.69) is 47.8 Å². The smallest absolute Gasteiger partial charge is 0.106 e. The van der Waals surface area contributed by atoms with Gasteiger partial charge in [0, 0.05) is 10.0 Å². The Bertz CT molecular complexity index is 551. The second kappa shape index (κ2) is 5.53. The lowest BCUT2D eigenvalue weighted by atomic mass is 10.00. The van der Waals surface area contributed by atoms with E-state index in [1.165, 1.54) is 0 Å². The highest BCUT2D eigenvalue weighted by Gasteiger charge is 2.18. The highest BCUT2D eigenvalue weighted by Crippen LogP contribution is 2.39. The zero-order chi connectivity index (χ0) is 12.6. The summed E-state index contributed by atoms with van der Waals surface area (Å²) in [6.07, 6.45) is -0.607. The molecule has 2 rings (SSSR count). The van der Waals surface area contributed by atoms with Gasteiger partial charge in [0.05, 0.1) is 7.57 Å². The SMILES string of the molecule is Cc1c(Br)cccc1C(O)c1cc(Br)sc1Br. The van der Waals surface area contributed by atoms with E-state index in [1.807, 2.05) is 31.2 Å². The molecule has 1 unspecified atom stereocenters. The first-order valence-corrected chi connectivity index (χ1v) is 8.08. The number of benzene rings is 1. The van der Waals surface area contributed by atoms with Gasteiger partial charge in [-0.25, -0.2) is 0 Å². The van der Waals surface area contributed by atoms with Gasteiger partial charge in [0.1, 0.15) is 6.10 Å². The number of rotatable bonds is 2. The highest BCUT2D eigenvalue weighted by molar-refractivity contribution is 9.12. The quantitative estimate of drug-likeness (QED) is 0.660. The zero-order valence-electron chi connectivity index (χ0n) is 8.88. The standard InChI is InChI=1S/C12H9Br3OS/c1-6-7(3-2-4-9(6)13)11(16)8-5-10(14)17-12(8)15/h2-5,11,16H,1H3. The molecule has 0 spiro atoms. The van der Waals surface area contributed by atoms with Crippen molar-refractivity contribution in [3.63, 3.8) is 0 Å². The molecule has 1 aromatic heterocycles. The third-order valence-corrected chi connectivity index (χ3v) is 5.83. The minimum Gasteiger partial charge on any atom is -0.384 e. The van der Waals surface area contributed by atoms with E-state index < -0.39 is 6.10 Å². The predicted octanol–water partition coefficient (Wildman–Crippen LogP) is 5.43. The fraction of sp³-hybridized carbons (Fsp3) is 0.167. The zero-order valence-corrected chi connectivity index (χ0v) is 14.5. The van der Waals surface area contributed by atoms with E-state index >= 15 is 0 Å². The number of aliphatic hydroxyl groups is 1. The summed E-state index contributed by atoms with van der Waals surface area (Å²) in [4.78, 5) is 0. The average Bonchev–Trinajstić information content (AvgIpc) is 2.61. The van der Waals surface area contributed by atoms with Crippen LogP contribution in [0.15, 0.2) is 36.3 Å². The number of halogens is 3. The van der Waals surface area contributed by atoms with Crippen LogP contribution < -0.4 is 0 Å². The Labute approximate surface area is 129 Å². The summed E-state index contributed by atoms with van der Waals surface area (Å²) in [5, 5.41) is 10.4. The molecule has 0 bridgehead atoms. The van der Waals surface area contributed by atoms with Crippen LogP contribution in [0, 0.1) is 6.92 Å². The fourth-order valence-electron chi connectivity index (χ4n) is 1.63. The van der Waals surface area contributed by atoms with Crippen LogP contribution in [-0.4, -0.2) is 5.11 Å². The lowest BCUT2D eigenvalue weighted by Crippen LogP contribution is -2.01. The first-order valence-electron chi connectivity index (χ1n) is 4.88. The minimum atomic E-state index is -0.607. The lowest BCUT2D eigenvalue weighted by Gasteiger charge is -2.14. The van der Waals surface area contributed by atoms with Crippen molar-refractivity contribution in [2.24, 2.45) is 0 Å². The van der Waals surface area contributed by atoms with Gasteiger partial charge < -0.3 is 5.11 Å². The van der Waals surface area contributed by atoms with Crippen LogP contribution >= 0.6 is 59.1 Å². The first-order chi connectivity index (χ1) is 8.00. The maximum atomic E-state index is 10.4. The summed E-state index contributed by atoms with van der Waals surface area (Å²) in [6, 6.07) is 7.80. The van der Waals surface area contributed by atoms with E-state index in [0.717, 1.165) is 28.7 Å². The van der Waals surface area contributed by atoms with Crippen molar-refractivity contribution < 1.29 is 5.11 Å². The second-order valence-corrected chi connectivity index (χ2v) is 8.24. The van der Waals surface area contributed by atoms with Gasteiger partial charge >= 0.3 is 0 Å². The van der Waals surface area contributed by atoms with Gasteiger partial charge in [-0.15, -0.1) is 11.3 Å². The van der Waals surface area contributed by atoms with Crippen LogP contribution in [0.5, 0.6) is 0 Å². The second-order valence-electron chi connectivity index (χ2n) is 3.64. The monoisotopic (exact) mass is 438 g/mol. The molecule has 0 fully saturated rings. The lowest BCUT2D eigenvalue weighted by molar-refractivity contribution is 0.219. The molecule has 0 aliphatic carbocycles. The fourth-order valence-corrected chi connectivity index (χ4v) is 4.89. The topological polar surface area (TPSA) is 20.2 Å². The molecular formula is C12H9Br3OS. The molecule has 0 aliphatic rings. The summed E-state index contributed by atoms with van der Waals surface area (Å²) in [7, 11) is 0. The van der Waals surface area contributed by atoms with Crippen LogP contribution in [0.2, 0.25) is 0 Å². The van der Waals surface area contributed by atoms with Gasteiger partial charge in [0.25, 0.3) is 0 Å². The summed E-state index contributed by atoms with van der Waals surface area (Å²) in [5.74, 6) is 0. The highest BCUT2D eigenvalue weighted by atomic mass is 79.9. The Morgan fingerprint density at radius 3 is 2.47 bits per heavy atom. The van der Waals surface area contributed by atoms with Gasteiger partial charge in [0.2, 0.25) is 0 Å². The molecule has 5 heteroatoms. The van der Waals surface area contributed by atoms with Crippen LogP contribution in [0.25, 0.3) is 0 Å². The van der Waals surface area contributed by atoms with Crippen molar-refractivity contribution in [1.29, 1.82) is 0 Å². The summed E-state index contributed by atoms with van der Waals surface area (Å²) >= 11 is 11.9. The Kier molecular flexibility index (Phi) is 4.47. The molecule has 1 N–H and O–H groups in total. The maximum Gasteiger partial charge on any atom is 0.106 e. The van der Waals surface area contributed by atoms with Crippen molar-refractivity contribution in [2.45, 2.75) is 13.0 Å². The Morgan fingerprint density at radius 2 is 1.88 bits per heavy atom. The van der Waals surface area contributed by atoms with E-state index in [9.17, 15) is 5.11 Å². The number of thiophene rings is 1. The van der Waals surface area contributed by atoms with Gasteiger partial charge in [-0.1, -0.05) is 28.1 Å². The molecule has 0 radical (unpaired) electrons. The summed E-state index contributed by atoms with van der Waals surface area (Å²) in [6.45, 7) is 2.00. The molecule has 1 heterocycles. The van der Waals surface area contributed by atoms with Crippen molar-refractivity contribution in [3.8, 4) is 0 Å². The number of aliphatic hydroxyl groups excluding tert-OH is 1. The van der Waals surface area contributed by atoms with Crippen molar-refractivity contribution in [1.82, 2.24) is 0 Å². The van der Waals surface area contributed by atoms with E-state index in [1.54, 1.807) is 11.3 Å². The van der Waals surface area contributed by atoms with Crippen LogP contribution in [0.1, 0.15) is 22.8 Å². The van der Waals surface area contributed by atoms with Gasteiger partial charge in [0.15, 0.2) is 0 Å². The number of hydrogen-bond donors (Lipinski definition) is 1. The summed E-state index contributed by atoms with van der Waals surface area (Å²) < 4.78 is 2.97. The van der Waals surface area contributed by atoms with Gasteiger partial charge in [-0.05, 0) is 62.0 Å². The van der Waals surface area contributed by atoms with Crippen molar-refractivity contribution in [3.05, 3.63) is 53.0 Å². The largest absolute Gasteiger partial charge is 0.384 e. The maximum absolute atomic E-state index is 10.4. The van der Waals surface area contributed by atoms with Crippen LogP contribution in [-0.2, 0) is 0 Å². The Hall–Kier alpha value is 0.320. The number of hydrogen-bond acceptors (Lipinski definition) is 2. The van der Waals surface area contributed by atoms with E-state index in [4.69, 9.17) is 0 Å². The predicted molar refractivity (Wildman–Crippen MR) is 82.7 cm³/mol. The molecule has 2 aromatic rings. The van der Waals surface area contributed by atoms with E-state index in [0.29, 0.717) is 0 Å². The van der Waals surface area contributed by atoms with Crippen molar-refractivity contribution in [2.75, 3.05) is 0 Å². The van der Waals surface area contributed by atoms with E-state index in [-0.39, 0.29) is 0 Å². The molecule has 0 aliphatic heterocycles. The van der Waals surface area contributed by atoms with Gasteiger partial charge in [-0.2, -0.15) is 0 Å². The molecule has 17 heavy (non-hydrogen) atoms. The molecule has 1 atom stereocenters. The van der Waals surface area contributed by atoms with Crippen LogP contribution in [0.3, 0.4) is 0 Å². The third-order valence-electron chi connectivity index (χ3n) is 2.58. The average molecular weight is 441 g/mol. The van der Waals surface area contributed by atoms with Crippen LogP contribution in [0.4, 0.5) is 0 Å². The molecule has 0 saturated carbocycles. The first kappa shape index (κ1) is 13.7.